The molecule has 3 heterocycles. The van der Waals surface area contributed by atoms with Gasteiger partial charge in [-0.15, -0.1) is 0 Å². The highest BCUT2D eigenvalue weighted by atomic mass is 32.2. The fourth-order valence-electron chi connectivity index (χ4n) is 4.50. The van der Waals surface area contributed by atoms with Gasteiger partial charge in [0.1, 0.15) is 6.04 Å². The third kappa shape index (κ3) is 4.65. The molecule has 9 heteroatoms. The predicted octanol–water partition coefficient (Wildman–Crippen LogP) is 4.73. The summed E-state index contributed by atoms with van der Waals surface area (Å²) in [6.07, 6.45) is 4.97. The zero-order valence-corrected chi connectivity index (χ0v) is 20.9. The third-order valence-electron chi connectivity index (χ3n) is 6.00. The molecule has 0 amide bonds. The van der Waals surface area contributed by atoms with E-state index in [0.29, 0.717) is 10.8 Å². The average molecular weight is 504 g/mol. The van der Waals surface area contributed by atoms with Crippen LogP contribution >= 0.6 is 12.2 Å². The number of rotatable bonds is 6. The molecule has 0 saturated carbocycles. The maximum atomic E-state index is 11.8. The van der Waals surface area contributed by atoms with Gasteiger partial charge in [-0.25, -0.2) is 8.42 Å². The van der Waals surface area contributed by atoms with Crippen LogP contribution < -0.4 is 14.9 Å². The van der Waals surface area contributed by atoms with Crippen molar-refractivity contribution in [2.75, 3.05) is 15.9 Å². The van der Waals surface area contributed by atoms with Crippen LogP contribution in [0.25, 0.3) is 5.69 Å². The van der Waals surface area contributed by atoms with Crippen molar-refractivity contribution in [1.29, 1.82) is 0 Å². The Labute approximate surface area is 210 Å². The van der Waals surface area contributed by atoms with Crippen molar-refractivity contribution >= 4 is 38.7 Å². The Bertz CT molecular complexity index is 1470. The van der Waals surface area contributed by atoms with E-state index in [9.17, 15) is 8.42 Å². The number of sulfonamides is 1. The minimum absolute atomic E-state index is 0.185. The molecule has 2 N–H and O–H groups in total. The predicted molar refractivity (Wildman–Crippen MR) is 143 cm³/mol. The molecule has 5 rings (SSSR count). The number of anilines is 2. The largest absolute Gasteiger partial charge is 0.351 e. The molecule has 2 aromatic heterocycles. The Balaban J connectivity index is 1.63. The molecule has 178 valence electrons. The second-order valence-electron chi connectivity index (χ2n) is 8.51. The van der Waals surface area contributed by atoms with Crippen LogP contribution in [-0.4, -0.2) is 29.3 Å². The first-order chi connectivity index (χ1) is 16.8. The van der Waals surface area contributed by atoms with E-state index in [1.54, 1.807) is 12.3 Å². The zero-order chi connectivity index (χ0) is 24.6. The molecule has 1 aliphatic heterocycles. The highest BCUT2D eigenvalue weighted by molar-refractivity contribution is 7.92. The summed E-state index contributed by atoms with van der Waals surface area (Å²) in [5.74, 6) is 0. The van der Waals surface area contributed by atoms with E-state index < -0.39 is 10.0 Å². The van der Waals surface area contributed by atoms with Crippen molar-refractivity contribution in [3.63, 3.8) is 0 Å². The molecule has 7 nitrogen and oxygen atoms in total. The highest BCUT2D eigenvalue weighted by Crippen LogP contribution is 2.42. The fourth-order valence-corrected chi connectivity index (χ4v) is 5.48. The molecule has 2 atom stereocenters. The second-order valence-corrected chi connectivity index (χ2v) is 10.6. The maximum Gasteiger partial charge on any atom is 0.229 e. The normalized spacial score (nSPS) is 17.9. The van der Waals surface area contributed by atoms with E-state index in [0.717, 1.165) is 34.6 Å². The van der Waals surface area contributed by atoms with Gasteiger partial charge >= 0.3 is 0 Å². The number of para-hydroxylation sites is 1. The van der Waals surface area contributed by atoms with Crippen molar-refractivity contribution in [2.24, 2.45) is 0 Å². The van der Waals surface area contributed by atoms with Crippen molar-refractivity contribution in [1.82, 2.24) is 14.9 Å². The van der Waals surface area contributed by atoms with Gasteiger partial charge < -0.3 is 14.8 Å². The first kappa shape index (κ1) is 23.1. The van der Waals surface area contributed by atoms with E-state index in [2.05, 4.69) is 42.7 Å². The fraction of sp³-hybridized carbons (Fsp3) is 0.154. The van der Waals surface area contributed by atoms with Gasteiger partial charge in [-0.1, -0.05) is 24.3 Å². The van der Waals surface area contributed by atoms with E-state index in [4.69, 9.17) is 12.2 Å². The van der Waals surface area contributed by atoms with Gasteiger partial charge in [0.25, 0.3) is 0 Å². The summed E-state index contributed by atoms with van der Waals surface area (Å²) in [5, 5.41) is 4.06. The molecule has 35 heavy (non-hydrogen) atoms. The topological polar surface area (TPSA) is 79.3 Å². The smallest absolute Gasteiger partial charge is 0.229 e. The Morgan fingerprint density at radius 3 is 2.43 bits per heavy atom. The lowest BCUT2D eigenvalue weighted by molar-refractivity contribution is 0.549. The van der Waals surface area contributed by atoms with Crippen molar-refractivity contribution < 1.29 is 8.42 Å². The average Bonchev–Trinajstić information content (AvgIpc) is 3.45. The molecule has 0 unspecified atom stereocenters. The van der Waals surface area contributed by atoms with Crippen LogP contribution in [0.1, 0.15) is 29.0 Å². The summed E-state index contributed by atoms with van der Waals surface area (Å²) in [6.45, 7) is 1.88. The van der Waals surface area contributed by atoms with Gasteiger partial charge in [-0.3, -0.25) is 9.71 Å². The molecule has 0 bridgehead atoms. The maximum absolute atomic E-state index is 11.8. The quantitative estimate of drug-likeness (QED) is 0.371. The number of nitrogens with zero attached hydrogens (tertiary/aromatic N) is 3. The molecule has 1 saturated heterocycles. The zero-order valence-electron chi connectivity index (χ0n) is 19.3. The molecule has 2 aromatic carbocycles. The van der Waals surface area contributed by atoms with Gasteiger partial charge in [-0.05, 0) is 79.3 Å². The van der Waals surface area contributed by atoms with E-state index >= 15 is 0 Å². The molecule has 1 fully saturated rings. The van der Waals surface area contributed by atoms with Gasteiger partial charge in [0.2, 0.25) is 10.0 Å². The second kappa shape index (κ2) is 9.16. The molecular weight excluding hydrogens is 478 g/mol. The molecule has 1 aliphatic rings. The summed E-state index contributed by atoms with van der Waals surface area (Å²) in [5.41, 5.74) is 5.19. The van der Waals surface area contributed by atoms with Gasteiger partial charge in [0.05, 0.1) is 23.7 Å². The first-order valence-corrected chi connectivity index (χ1v) is 13.4. The SMILES string of the molecule is Cc1cc(N2C(=S)N[C@@H](c3ccccn3)[C@H]2c2cccn2-c2ccccc2)ccc1NS(C)(=O)=O. The Morgan fingerprint density at radius 2 is 1.74 bits per heavy atom. The number of pyridine rings is 1. The summed E-state index contributed by atoms with van der Waals surface area (Å²) in [4.78, 5) is 6.71. The van der Waals surface area contributed by atoms with Gasteiger partial charge in [-0.2, -0.15) is 0 Å². The molecule has 4 aromatic rings. The standard InChI is InChI=1S/C26H25N5O2S2/c1-18-17-20(13-14-21(18)29-35(2,32)33)31-25(24(28-26(31)34)22-11-6-7-15-27-22)23-12-8-16-30(23)19-9-4-3-5-10-19/h3-17,24-25,29H,1-2H3,(H,28,34)/t24-,25+/m0/s1. The van der Waals surface area contributed by atoms with Crippen molar-refractivity contribution in [3.05, 3.63) is 108 Å². The highest BCUT2D eigenvalue weighted by Gasteiger charge is 2.42. The number of hydrogen-bond donors (Lipinski definition) is 2. The number of thiocarbonyl (C=S) groups is 1. The van der Waals surface area contributed by atoms with E-state index in [-0.39, 0.29) is 12.1 Å². The minimum Gasteiger partial charge on any atom is -0.351 e. The van der Waals surface area contributed by atoms with Gasteiger partial charge in [0, 0.05) is 29.5 Å². The number of aryl methyl sites for hydroxylation is 1. The van der Waals surface area contributed by atoms with Crippen LogP contribution in [0.5, 0.6) is 0 Å². The lowest BCUT2D eigenvalue weighted by atomic mass is 10.0. The van der Waals surface area contributed by atoms with Crippen molar-refractivity contribution in [3.8, 4) is 5.69 Å². The Kier molecular flexibility index (Phi) is 6.04. The van der Waals surface area contributed by atoms with Gasteiger partial charge in [0.15, 0.2) is 5.11 Å². The van der Waals surface area contributed by atoms with Crippen LogP contribution in [0.15, 0.2) is 91.3 Å². The van der Waals surface area contributed by atoms with E-state index in [1.807, 2.05) is 67.7 Å². The first-order valence-electron chi connectivity index (χ1n) is 11.1. The minimum atomic E-state index is -3.38. The lowest BCUT2D eigenvalue weighted by Crippen LogP contribution is -2.30. The van der Waals surface area contributed by atoms with Crippen molar-refractivity contribution in [2.45, 2.75) is 19.0 Å². The molecule has 0 radical (unpaired) electrons. The number of aromatic nitrogens is 2. The monoisotopic (exact) mass is 503 g/mol. The summed E-state index contributed by atoms with van der Waals surface area (Å²) in [6, 6.07) is 25.4. The Morgan fingerprint density at radius 1 is 0.971 bits per heavy atom. The van der Waals surface area contributed by atoms with Crippen LogP contribution in [-0.2, 0) is 10.0 Å². The van der Waals surface area contributed by atoms with Crippen LogP contribution in [0.2, 0.25) is 0 Å². The number of hydrogen-bond acceptors (Lipinski definition) is 4. The summed E-state index contributed by atoms with van der Waals surface area (Å²) < 4.78 is 28.3. The Hall–Kier alpha value is -3.69. The molecular formula is C26H25N5O2S2. The molecule has 0 spiro atoms. The van der Waals surface area contributed by atoms with E-state index in [1.165, 1.54) is 0 Å². The van der Waals surface area contributed by atoms with Crippen LogP contribution in [0.3, 0.4) is 0 Å². The number of benzene rings is 2. The summed E-state index contributed by atoms with van der Waals surface area (Å²) >= 11 is 5.84. The van der Waals surface area contributed by atoms with Crippen LogP contribution in [0.4, 0.5) is 11.4 Å². The molecule has 0 aliphatic carbocycles. The number of nitrogens with one attached hydrogen (secondary N) is 2. The third-order valence-corrected chi connectivity index (χ3v) is 6.90. The summed E-state index contributed by atoms with van der Waals surface area (Å²) in [7, 11) is -3.38. The van der Waals surface area contributed by atoms with Crippen LogP contribution in [0, 0.1) is 6.92 Å². The lowest BCUT2D eigenvalue weighted by Gasteiger charge is -2.29.